The highest BCUT2D eigenvalue weighted by molar-refractivity contribution is 5.77. The second-order valence-electron chi connectivity index (χ2n) is 5.98. The lowest BCUT2D eigenvalue weighted by Crippen LogP contribution is -2.28. The molecule has 1 amide bonds. The van der Waals surface area contributed by atoms with E-state index in [9.17, 15) is 4.79 Å². The van der Waals surface area contributed by atoms with Crippen LogP contribution < -0.4 is 5.32 Å². The molecule has 1 heterocycles. The molecule has 5 heteroatoms. The van der Waals surface area contributed by atoms with E-state index >= 15 is 0 Å². The normalized spacial score (nSPS) is 10.9. The number of hydrogen-bond donors (Lipinski definition) is 1. The molecule has 3 aromatic rings. The maximum Gasteiger partial charge on any atom is 0.245 e. The quantitative estimate of drug-likeness (QED) is 0.643. The van der Waals surface area contributed by atoms with Crippen LogP contribution in [0.1, 0.15) is 17.8 Å². The number of methoxy groups -OCH3 is 1. The third-order valence-corrected chi connectivity index (χ3v) is 4.09. The van der Waals surface area contributed by atoms with Crippen LogP contribution in [0.25, 0.3) is 11.0 Å². The average Bonchev–Trinajstić information content (AvgIpc) is 2.98. The molecule has 0 aliphatic rings. The first-order valence-corrected chi connectivity index (χ1v) is 8.51. The van der Waals surface area contributed by atoms with Gasteiger partial charge in [-0.05, 0) is 24.1 Å². The summed E-state index contributed by atoms with van der Waals surface area (Å²) in [7, 11) is 1.52. The molecule has 25 heavy (non-hydrogen) atoms. The van der Waals surface area contributed by atoms with Crippen molar-refractivity contribution in [2.24, 2.45) is 0 Å². The Balaban J connectivity index is 1.73. The van der Waals surface area contributed by atoms with Crippen LogP contribution in [-0.4, -0.2) is 35.7 Å². The molecule has 0 bridgehead atoms. The van der Waals surface area contributed by atoms with Gasteiger partial charge in [0.1, 0.15) is 12.4 Å². The number of imidazole rings is 1. The number of benzene rings is 2. The van der Waals surface area contributed by atoms with Gasteiger partial charge in [0.15, 0.2) is 0 Å². The molecule has 1 aromatic heterocycles. The Hall–Kier alpha value is -2.66. The van der Waals surface area contributed by atoms with Crippen LogP contribution in [-0.2, 0) is 22.5 Å². The monoisotopic (exact) mass is 337 g/mol. The number of para-hydroxylation sites is 2. The predicted molar refractivity (Wildman–Crippen MR) is 98.5 cm³/mol. The fraction of sp³-hybridized carbons (Fsp3) is 0.300. The molecule has 130 valence electrons. The van der Waals surface area contributed by atoms with Gasteiger partial charge >= 0.3 is 0 Å². The van der Waals surface area contributed by atoms with Gasteiger partial charge in [0.05, 0.1) is 11.0 Å². The van der Waals surface area contributed by atoms with Gasteiger partial charge in [-0.2, -0.15) is 0 Å². The number of nitrogens with zero attached hydrogens (tertiary/aromatic N) is 2. The second-order valence-corrected chi connectivity index (χ2v) is 5.98. The van der Waals surface area contributed by atoms with E-state index in [1.165, 1.54) is 12.7 Å². The first-order valence-electron chi connectivity index (χ1n) is 8.51. The summed E-state index contributed by atoms with van der Waals surface area (Å²) >= 11 is 0. The summed E-state index contributed by atoms with van der Waals surface area (Å²) < 4.78 is 7.08. The van der Waals surface area contributed by atoms with Crippen LogP contribution in [0, 0.1) is 0 Å². The summed E-state index contributed by atoms with van der Waals surface area (Å²) in [6, 6.07) is 18.6. The lowest BCUT2D eigenvalue weighted by molar-refractivity contribution is -0.124. The van der Waals surface area contributed by atoms with Gasteiger partial charge in [0.2, 0.25) is 5.91 Å². The summed E-state index contributed by atoms with van der Waals surface area (Å²) in [5.74, 6) is 0.964. The molecule has 3 rings (SSSR count). The zero-order valence-electron chi connectivity index (χ0n) is 14.4. The summed E-state index contributed by atoms with van der Waals surface area (Å²) in [5.41, 5.74) is 3.40. The van der Waals surface area contributed by atoms with Gasteiger partial charge in [0, 0.05) is 26.6 Å². The number of nitrogens with one attached hydrogen (secondary N) is 1. The van der Waals surface area contributed by atoms with E-state index in [1.807, 2.05) is 24.3 Å². The molecule has 2 aromatic carbocycles. The smallest absolute Gasteiger partial charge is 0.245 e. The van der Waals surface area contributed by atoms with E-state index in [4.69, 9.17) is 9.72 Å². The van der Waals surface area contributed by atoms with Gasteiger partial charge in [-0.1, -0.05) is 42.5 Å². The van der Waals surface area contributed by atoms with Gasteiger partial charge in [-0.15, -0.1) is 0 Å². The van der Waals surface area contributed by atoms with Gasteiger partial charge in [-0.25, -0.2) is 4.98 Å². The highest BCUT2D eigenvalue weighted by Gasteiger charge is 2.11. The number of aromatic nitrogens is 2. The van der Waals surface area contributed by atoms with E-state index in [2.05, 4.69) is 40.2 Å². The SMILES string of the molecule is COCC(=O)NCCCc1nc2ccccc2n1Cc1ccccc1. The summed E-state index contributed by atoms with van der Waals surface area (Å²) in [4.78, 5) is 16.2. The average molecular weight is 337 g/mol. The molecule has 1 N–H and O–H groups in total. The number of fused-ring (bicyclic) bond motifs is 1. The highest BCUT2D eigenvalue weighted by atomic mass is 16.5. The standard InChI is InChI=1S/C20H23N3O2/c1-25-15-20(24)21-13-7-12-19-22-17-10-5-6-11-18(17)23(19)14-16-8-3-2-4-9-16/h2-6,8-11H,7,12-15H2,1H3,(H,21,24). The first kappa shape index (κ1) is 17.2. The predicted octanol–water partition coefficient (Wildman–Crippen LogP) is 2.78. The van der Waals surface area contributed by atoms with E-state index in [1.54, 1.807) is 0 Å². The van der Waals surface area contributed by atoms with Crippen LogP contribution in [0.4, 0.5) is 0 Å². The molecule has 0 aliphatic heterocycles. The van der Waals surface area contributed by atoms with Crippen molar-refractivity contribution in [2.75, 3.05) is 20.3 Å². The molecule has 0 fully saturated rings. The molecule has 0 saturated heterocycles. The summed E-state index contributed by atoms with van der Waals surface area (Å²) in [6.45, 7) is 1.52. The third-order valence-electron chi connectivity index (χ3n) is 4.09. The molecule has 0 saturated carbocycles. The minimum absolute atomic E-state index is 0.0831. The minimum Gasteiger partial charge on any atom is -0.375 e. The Labute approximate surface area is 147 Å². The van der Waals surface area contributed by atoms with E-state index < -0.39 is 0 Å². The molecule has 0 spiro atoms. The Kier molecular flexibility index (Phi) is 5.80. The van der Waals surface area contributed by atoms with Gasteiger partial charge < -0.3 is 14.6 Å². The highest BCUT2D eigenvalue weighted by Crippen LogP contribution is 2.19. The number of aryl methyl sites for hydroxylation is 1. The van der Waals surface area contributed by atoms with Crippen molar-refractivity contribution < 1.29 is 9.53 Å². The van der Waals surface area contributed by atoms with Crippen LogP contribution in [0.15, 0.2) is 54.6 Å². The van der Waals surface area contributed by atoms with Crippen LogP contribution >= 0.6 is 0 Å². The maximum absolute atomic E-state index is 11.4. The molecule has 5 nitrogen and oxygen atoms in total. The lowest BCUT2D eigenvalue weighted by atomic mass is 10.2. The molecular formula is C20H23N3O2. The number of carbonyl (C=O) groups is 1. The molecule has 0 unspecified atom stereocenters. The fourth-order valence-electron chi connectivity index (χ4n) is 2.92. The van der Waals surface area contributed by atoms with Crippen molar-refractivity contribution in [3.63, 3.8) is 0 Å². The number of carbonyl (C=O) groups excluding carboxylic acids is 1. The van der Waals surface area contributed by atoms with Crippen LogP contribution in [0.2, 0.25) is 0 Å². The van der Waals surface area contributed by atoms with Crippen molar-refractivity contribution in [1.82, 2.24) is 14.9 Å². The fourth-order valence-corrected chi connectivity index (χ4v) is 2.92. The van der Waals surface area contributed by atoms with Crippen molar-refractivity contribution in [3.05, 3.63) is 66.0 Å². The molecule has 0 atom stereocenters. The van der Waals surface area contributed by atoms with E-state index in [-0.39, 0.29) is 12.5 Å². The molecule has 0 aliphatic carbocycles. The van der Waals surface area contributed by atoms with Crippen molar-refractivity contribution in [2.45, 2.75) is 19.4 Å². The molecule has 0 radical (unpaired) electrons. The van der Waals surface area contributed by atoms with E-state index in [0.717, 1.165) is 36.2 Å². The minimum atomic E-state index is -0.0831. The third kappa shape index (κ3) is 4.45. The summed E-state index contributed by atoms with van der Waals surface area (Å²) in [6.07, 6.45) is 1.66. The van der Waals surface area contributed by atoms with Crippen LogP contribution in [0.5, 0.6) is 0 Å². The summed E-state index contributed by atoms with van der Waals surface area (Å²) in [5, 5.41) is 2.86. The first-order chi connectivity index (χ1) is 12.3. The van der Waals surface area contributed by atoms with Crippen molar-refractivity contribution >= 4 is 16.9 Å². The van der Waals surface area contributed by atoms with Crippen molar-refractivity contribution in [3.8, 4) is 0 Å². The van der Waals surface area contributed by atoms with Gasteiger partial charge in [0.25, 0.3) is 0 Å². The van der Waals surface area contributed by atoms with Crippen LogP contribution in [0.3, 0.4) is 0 Å². The van der Waals surface area contributed by atoms with Gasteiger partial charge in [-0.3, -0.25) is 4.79 Å². The second kappa shape index (κ2) is 8.44. The Morgan fingerprint density at radius 1 is 1.12 bits per heavy atom. The molecular weight excluding hydrogens is 314 g/mol. The zero-order chi connectivity index (χ0) is 17.5. The Morgan fingerprint density at radius 2 is 1.88 bits per heavy atom. The number of rotatable bonds is 8. The topological polar surface area (TPSA) is 56.1 Å². The number of ether oxygens (including phenoxy) is 1. The number of hydrogen-bond acceptors (Lipinski definition) is 3. The maximum atomic E-state index is 11.4. The Morgan fingerprint density at radius 3 is 2.68 bits per heavy atom. The number of amides is 1. The Bertz CT molecular complexity index is 827. The lowest BCUT2D eigenvalue weighted by Gasteiger charge is -2.10. The zero-order valence-corrected chi connectivity index (χ0v) is 14.4. The van der Waals surface area contributed by atoms with E-state index in [0.29, 0.717) is 6.54 Å². The largest absolute Gasteiger partial charge is 0.375 e. The van der Waals surface area contributed by atoms with Crippen molar-refractivity contribution in [1.29, 1.82) is 0 Å².